The zero-order chi connectivity index (χ0) is 10.1. The second-order valence-corrected chi connectivity index (χ2v) is 3.83. The van der Waals surface area contributed by atoms with Gasteiger partial charge in [0.15, 0.2) is 0 Å². The second-order valence-electron chi connectivity index (χ2n) is 3.42. The molecule has 0 fully saturated rings. The van der Waals surface area contributed by atoms with Crippen molar-refractivity contribution in [1.82, 2.24) is 4.98 Å². The molecule has 0 aliphatic heterocycles. The van der Waals surface area contributed by atoms with Crippen molar-refractivity contribution in [2.75, 3.05) is 0 Å². The van der Waals surface area contributed by atoms with E-state index in [4.69, 9.17) is 11.6 Å². The summed E-state index contributed by atoms with van der Waals surface area (Å²) in [7, 11) is 0. The number of rotatable bonds is 1. The van der Waals surface area contributed by atoms with Crippen LogP contribution >= 0.6 is 11.6 Å². The lowest BCUT2D eigenvalue weighted by Gasteiger charge is -2.08. The van der Waals surface area contributed by atoms with Crippen molar-refractivity contribution in [3.05, 3.63) is 40.7 Å². The van der Waals surface area contributed by atoms with Crippen LogP contribution in [0.3, 0.4) is 0 Å². The maximum atomic E-state index is 6.10. The number of halogens is 1. The van der Waals surface area contributed by atoms with Crippen LogP contribution in [-0.2, 0) is 6.42 Å². The van der Waals surface area contributed by atoms with Gasteiger partial charge in [-0.3, -0.25) is 4.98 Å². The first kappa shape index (κ1) is 9.47. The fourth-order valence-electron chi connectivity index (χ4n) is 1.78. The molecule has 2 rings (SSSR count). The molecule has 0 unspecified atom stereocenters. The average molecular weight is 206 g/mol. The summed E-state index contributed by atoms with van der Waals surface area (Å²) in [4.78, 5) is 4.21. The molecule has 0 N–H and O–H groups in total. The highest BCUT2D eigenvalue weighted by atomic mass is 35.5. The molecule has 0 spiro atoms. The zero-order valence-electron chi connectivity index (χ0n) is 8.34. The Labute approximate surface area is 88.7 Å². The van der Waals surface area contributed by atoms with E-state index in [1.54, 1.807) is 0 Å². The number of aryl methyl sites for hydroxylation is 2. The normalized spacial score (nSPS) is 10.8. The highest BCUT2D eigenvalue weighted by Gasteiger charge is 2.05. The van der Waals surface area contributed by atoms with Crippen molar-refractivity contribution in [3.8, 4) is 0 Å². The predicted octanol–water partition coefficient (Wildman–Crippen LogP) is 3.76. The molecule has 1 aromatic carbocycles. The first-order chi connectivity index (χ1) is 6.74. The smallest absolute Gasteiger partial charge is 0.0441 e. The Kier molecular flexibility index (Phi) is 2.42. The van der Waals surface area contributed by atoms with Crippen LogP contribution < -0.4 is 0 Å². The molecule has 1 nitrogen and oxygen atoms in total. The summed E-state index contributed by atoms with van der Waals surface area (Å²) in [5, 5.41) is 3.26. The Balaban J connectivity index is 2.89. The van der Waals surface area contributed by atoms with Crippen molar-refractivity contribution in [3.63, 3.8) is 0 Å². The van der Waals surface area contributed by atoms with E-state index in [2.05, 4.69) is 18.8 Å². The van der Waals surface area contributed by atoms with E-state index in [1.165, 1.54) is 16.3 Å². The number of hydrogen-bond acceptors (Lipinski definition) is 1. The third-order valence-electron chi connectivity index (χ3n) is 2.58. The van der Waals surface area contributed by atoms with E-state index in [0.717, 1.165) is 17.0 Å². The summed E-state index contributed by atoms with van der Waals surface area (Å²) in [6.07, 6.45) is 4.80. The van der Waals surface area contributed by atoms with Crippen LogP contribution in [0.25, 0.3) is 10.8 Å². The first-order valence-electron chi connectivity index (χ1n) is 4.75. The van der Waals surface area contributed by atoms with Gasteiger partial charge in [-0.05, 0) is 35.9 Å². The maximum absolute atomic E-state index is 6.10. The Hall–Kier alpha value is -1.08. The highest BCUT2D eigenvalue weighted by molar-refractivity contribution is 6.32. The van der Waals surface area contributed by atoms with Gasteiger partial charge in [0, 0.05) is 22.8 Å². The average Bonchev–Trinajstić information content (AvgIpc) is 2.23. The molecule has 72 valence electrons. The van der Waals surface area contributed by atoms with Gasteiger partial charge in [0.1, 0.15) is 0 Å². The van der Waals surface area contributed by atoms with Crippen molar-refractivity contribution >= 4 is 22.4 Å². The quantitative estimate of drug-likeness (QED) is 0.691. The third kappa shape index (κ3) is 1.38. The van der Waals surface area contributed by atoms with Gasteiger partial charge in [-0.25, -0.2) is 0 Å². The summed E-state index contributed by atoms with van der Waals surface area (Å²) < 4.78 is 0. The molecule has 1 heterocycles. The topological polar surface area (TPSA) is 12.9 Å². The molecule has 0 radical (unpaired) electrons. The standard InChI is InChI=1S/C12H12ClN/c1-3-9-6-14-7-10-4-5-11(13)8(2)12(9)10/h4-7H,3H2,1-2H3. The largest absolute Gasteiger partial charge is 0.264 e. The number of fused-ring (bicyclic) bond motifs is 1. The summed E-state index contributed by atoms with van der Waals surface area (Å²) in [6.45, 7) is 4.20. The Bertz CT molecular complexity index is 477. The van der Waals surface area contributed by atoms with Gasteiger partial charge in [-0.2, -0.15) is 0 Å². The van der Waals surface area contributed by atoms with Crippen LogP contribution in [0.15, 0.2) is 24.5 Å². The molecule has 2 heteroatoms. The molecule has 0 saturated heterocycles. The van der Waals surface area contributed by atoms with Crippen LogP contribution in [0.4, 0.5) is 0 Å². The van der Waals surface area contributed by atoms with Gasteiger partial charge in [0.25, 0.3) is 0 Å². The van der Waals surface area contributed by atoms with Gasteiger partial charge >= 0.3 is 0 Å². The van der Waals surface area contributed by atoms with E-state index in [0.29, 0.717) is 0 Å². The molecule has 0 saturated carbocycles. The summed E-state index contributed by atoms with van der Waals surface area (Å²) in [5.74, 6) is 0. The molecule has 1 aromatic heterocycles. The van der Waals surface area contributed by atoms with Gasteiger partial charge in [0.05, 0.1) is 0 Å². The summed E-state index contributed by atoms with van der Waals surface area (Å²) in [5.41, 5.74) is 2.42. The molecule has 2 aromatic rings. The summed E-state index contributed by atoms with van der Waals surface area (Å²) >= 11 is 6.10. The molecule has 0 aliphatic rings. The number of aromatic nitrogens is 1. The van der Waals surface area contributed by atoms with Crippen molar-refractivity contribution in [1.29, 1.82) is 0 Å². The van der Waals surface area contributed by atoms with E-state index >= 15 is 0 Å². The second kappa shape index (κ2) is 3.58. The molecule has 0 aliphatic carbocycles. The minimum atomic E-state index is 0.832. The number of pyridine rings is 1. The van der Waals surface area contributed by atoms with Crippen molar-refractivity contribution < 1.29 is 0 Å². The lowest BCUT2D eigenvalue weighted by atomic mass is 10.0. The van der Waals surface area contributed by atoms with E-state index in [-0.39, 0.29) is 0 Å². The van der Waals surface area contributed by atoms with Crippen LogP contribution in [0.2, 0.25) is 5.02 Å². The Morgan fingerprint density at radius 3 is 2.79 bits per heavy atom. The monoisotopic (exact) mass is 205 g/mol. The van der Waals surface area contributed by atoms with Crippen molar-refractivity contribution in [2.45, 2.75) is 20.3 Å². The number of benzene rings is 1. The lowest BCUT2D eigenvalue weighted by molar-refractivity contribution is 1.12. The molecular formula is C12H12ClN. The number of nitrogens with zero attached hydrogens (tertiary/aromatic N) is 1. The third-order valence-corrected chi connectivity index (χ3v) is 2.99. The minimum absolute atomic E-state index is 0.832. The van der Waals surface area contributed by atoms with Crippen LogP contribution in [0, 0.1) is 6.92 Å². The molecule has 0 amide bonds. The van der Waals surface area contributed by atoms with E-state index in [1.807, 2.05) is 24.5 Å². The molecule has 14 heavy (non-hydrogen) atoms. The highest BCUT2D eigenvalue weighted by Crippen LogP contribution is 2.27. The molecule has 0 bridgehead atoms. The van der Waals surface area contributed by atoms with Gasteiger partial charge in [-0.1, -0.05) is 24.6 Å². The Morgan fingerprint density at radius 1 is 1.29 bits per heavy atom. The fourth-order valence-corrected chi connectivity index (χ4v) is 1.94. The Morgan fingerprint density at radius 2 is 2.07 bits per heavy atom. The fraction of sp³-hybridized carbons (Fsp3) is 0.250. The van der Waals surface area contributed by atoms with Gasteiger partial charge in [0.2, 0.25) is 0 Å². The predicted molar refractivity (Wildman–Crippen MR) is 60.9 cm³/mol. The lowest BCUT2D eigenvalue weighted by Crippen LogP contribution is -1.89. The van der Waals surface area contributed by atoms with Crippen LogP contribution in [-0.4, -0.2) is 4.98 Å². The first-order valence-corrected chi connectivity index (χ1v) is 5.13. The maximum Gasteiger partial charge on any atom is 0.0441 e. The molecular weight excluding hydrogens is 194 g/mol. The number of hydrogen-bond donors (Lipinski definition) is 0. The molecule has 0 atom stereocenters. The zero-order valence-corrected chi connectivity index (χ0v) is 9.10. The van der Waals surface area contributed by atoms with Crippen LogP contribution in [0.1, 0.15) is 18.1 Å². The van der Waals surface area contributed by atoms with Gasteiger partial charge in [-0.15, -0.1) is 0 Å². The van der Waals surface area contributed by atoms with E-state index < -0.39 is 0 Å². The van der Waals surface area contributed by atoms with E-state index in [9.17, 15) is 0 Å². The summed E-state index contributed by atoms with van der Waals surface area (Å²) in [6, 6.07) is 3.96. The van der Waals surface area contributed by atoms with Crippen molar-refractivity contribution in [2.24, 2.45) is 0 Å². The van der Waals surface area contributed by atoms with Gasteiger partial charge < -0.3 is 0 Å². The van der Waals surface area contributed by atoms with Crippen LogP contribution in [0.5, 0.6) is 0 Å². The minimum Gasteiger partial charge on any atom is -0.264 e. The SMILES string of the molecule is CCc1cncc2ccc(Cl)c(C)c12.